The molecule has 0 rings (SSSR count). The van der Waals surface area contributed by atoms with Gasteiger partial charge in [-0.05, 0) is 38.3 Å². The minimum absolute atomic E-state index is 0.119. The monoisotopic (exact) mass is 257 g/mol. The second-order valence-electron chi connectivity index (χ2n) is 5.87. The molecule has 0 aliphatic rings. The first-order valence-corrected chi connectivity index (χ1v) is 7.08. The summed E-state index contributed by atoms with van der Waals surface area (Å²) in [4.78, 5) is 14.1. The lowest BCUT2D eigenvalue weighted by Gasteiger charge is -2.25. The number of carbonyl (C=O) groups excluding carboxylic acids is 1. The zero-order valence-electron chi connectivity index (χ0n) is 12.7. The fraction of sp³-hybridized carbons (Fsp3) is 0.929. The molecule has 0 aromatic carbocycles. The maximum absolute atomic E-state index is 11.9. The Morgan fingerprint density at radius 2 is 1.83 bits per heavy atom. The molecule has 0 aliphatic carbocycles. The third-order valence-electron chi connectivity index (χ3n) is 3.06. The van der Waals surface area contributed by atoms with Crippen LogP contribution in [0.15, 0.2) is 0 Å². The van der Waals surface area contributed by atoms with Gasteiger partial charge < -0.3 is 11.1 Å². The molecular weight excluding hydrogens is 226 g/mol. The topological polar surface area (TPSA) is 58.4 Å². The van der Waals surface area contributed by atoms with Crippen LogP contribution in [-0.2, 0) is 4.79 Å². The number of amides is 1. The van der Waals surface area contributed by atoms with Gasteiger partial charge in [0, 0.05) is 12.6 Å². The lowest BCUT2D eigenvalue weighted by molar-refractivity contribution is -0.123. The average Bonchev–Trinajstić information content (AvgIpc) is 2.24. The molecule has 1 amide bonds. The Morgan fingerprint density at radius 1 is 1.22 bits per heavy atom. The predicted molar refractivity (Wildman–Crippen MR) is 77.4 cm³/mol. The molecule has 0 fully saturated rings. The third-order valence-corrected chi connectivity index (χ3v) is 3.06. The van der Waals surface area contributed by atoms with E-state index in [2.05, 4.69) is 44.8 Å². The van der Waals surface area contributed by atoms with Gasteiger partial charge in [-0.3, -0.25) is 9.69 Å². The molecule has 0 aliphatic heterocycles. The first kappa shape index (κ1) is 17.4. The molecule has 0 radical (unpaired) electrons. The van der Waals surface area contributed by atoms with E-state index in [0.717, 1.165) is 19.5 Å². The fourth-order valence-electron chi connectivity index (χ4n) is 1.74. The van der Waals surface area contributed by atoms with E-state index in [-0.39, 0.29) is 11.9 Å². The highest BCUT2D eigenvalue weighted by Crippen LogP contribution is 2.02. The molecule has 0 bridgehead atoms. The highest BCUT2D eigenvalue weighted by Gasteiger charge is 2.15. The SMILES string of the molecule is CC(C)CN(CCCN)CC(=O)NC(C)C(C)C. The summed E-state index contributed by atoms with van der Waals surface area (Å²) in [7, 11) is 0. The van der Waals surface area contributed by atoms with Crippen molar-refractivity contribution < 1.29 is 4.79 Å². The molecule has 1 unspecified atom stereocenters. The first-order valence-electron chi connectivity index (χ1n) is 7.08. The van der Waals surface area contributed by atoms with E-state index in [1.54, 1.807) is 0 Å². The van der Waals surface area contributed by atoms with Crippen LogP contribution in [0.3, 0.4) is 0 Å². The Balaban J connectivity index is 4.16. The zero-order valence-corrected chi connectivity index (χ0v) is 12.7. The van der Waals surface area contributed by atoms with Gasteiger partial charge in [-0.1, -0.05) is 27.7 Å². The molecule has 0 aromatic heterocycles. The van der Waals surface area contributed by atoms with Crippen molar-refractivity contribution in [2.24, 2.45) is 17.6 Å². The largest absolute Gasteiger partial charge is 0.352 e. The van der Waals surface area contributed by atoms with Gasteiger partial charge in [0.1, 0.15) is 0 Å². The standard InChI is InChI=1S/C14H31N3O/c1-11(2)9-17(8-6-7-15)10-14(18)16-13(5)12(3)4/h11-13H,6-10,15H2,1-5H3,(H,16,18). The van der Waals surface area contributed by atoms with E-state index in [1.807, 2.05) is 0 Å². The van der Waals surface area contributed by atoms with E-state index in [1.165, 1.54) is 0 Å². The maximum atomic E-state index is 11.9. The van der Waals surface area contributed by atoms with Crippen molar-refractivity contribution in [3.8, 4) is 0 Å². The van der Waals surface area contributed by atoms with Crippen LogP contribution in [0.5, 0.6) is 0 Å². The van der Waals surface area contributed by atoms with Crippen LogP contribution < -0.4 is 11.1 Å². The quantitative estimate of drug-likeness (QED) is 0.657. The summed E-state index contributed by atoms with van der Waals surface area (Å²) in [5, 5.41) is 3.05. The minimum Gasteiger partial charge on any atom is -0.352 e. The smallest absolute Gasteiger partial charge is 0.234 e. The van der Waals surface area contributed by atoms with Crippen molar-refractivity contribution in [3.63, 3.8) is 0 Å². The Kier molecular flexibility index (Phi) is 9.02. The summed E-state index contributed by atoms with van der Waals surface area (Å²) in [6, 6.07) is 0.230. The summed E-state index contributed by atoms with van der Waals surface area (Å²) < 4.78 is 0. The summed E-state index contributed by atoms with van der Waals surface area (Å²) in [6.45, 7) is 13.6. The number of nitrogens with zero attached hydrogens (tertiary/aromatic N) is 1. The van der Waals surface area contributed by atoms with Gasteiger partial charge in [0.05, 0.1) is 6.54 Å². The number of nitrogens with one attached hydrogen (secondary N) is 1. The Bertz CT molecular complexity index is 229. The van der Waals surface area contributed by atoms with Crippen molar-refractivity contribution in [2.75, 3.05) is 26.2 Å². The number of hydrogen-bond donors (Lipinski definition) is 2. The van der Waals surface area contributed by atoms with Crippen LogP contribution in [0.25, 0.3) is 0 Å². The van der Waals surface area contributed by atoms with Crippen LogP contribution in [0, 0.1) is 11.8 Å². The number of hydrogen-bond acceptors (Lipinski definition) is 3. The fourth-order valence-corrected chi connectivity index (χ4v) is 1.74. The van der Waals surface area contributed by atoms with Gasteiger partial charge in [0.25, 0.3) is 0 Å². The number of rotatable bonds is 9. The van der Waals surface area contributed by atoms with Crippen molar-refractivity contribution in [1.29, 1.82) is 0 Å². The Morgan fingerprint density at radius 3 is 2.28 bits per heavy atom. The molecular formula is C14H31N3O. The zero-order chi connectivity index (χ0) is 14.1. The molecule has 0 saturated heterocycles. The molecule has 108 valence electrons. The molecule has 18 heavy (non-hydrogen) atoms. The van der Waals surface area contributed by atoms with Crippen LogP contribution >= 0.6 is 0 Å². The third kappa shape index (κ3) is 8.48. The van der Waals surface area contributed by atoms with Crippen LogP contribution in [0.4, 0.5) is 0 Å². The maximum Gasteiger partial charge on any atom is 0.234 e. The summed E-state index contributed by atoms with van der Waals surface area (Å²) in [6.07, 6.45) is 0.944. The lowest BCUT2D eigenvalue weighted by Crippen LogP contribution is -2.44. The van der Waals surface area contributed by atoms with E-state index >= 15 is 0 Å². The van der Waals surface area contributed by atoms with E-state index < -0.39 is 0 Å². The van der Waals surface area contributed by atoms with Gasteiger partial charge in [-0.15, -0.1) is 0 Å². The molecule has 0 aromatic rings. The second-order valence-corrected chi connectivity index (χ2v) is 5.87. The Labute approximate surface area is 112 Å². The normalized spacial score (nSPS) is 13.4. The van der Waals surface area contributed by atoms with Crippen LogP contribution in [0.1, 0.15) is 41.0 Å². The average molecular weight is 257 g/mol. The summed E-state index contributed by atoms with van der Waals surface area (Å²) in [5.41, 5.74) is 5.53. The highest BCUT2D eigenvalue weighted by molar-refractivity contribution is 5.78. The minimum atomic E-state index is 0.119. The van der Waals surface area contributed by atoms with Crippen molar-refractivity contribution in [1.82, 2.24) is 10.2 Å². The Hall–Kier alpha value is -0.610. The second kappa shape index (κ2) is 9.34. The van der Waals surface area contributed by atoms with E-state index in [4.69, 9.17) is 5.73 Å². The van der Waals surface area contributed by atoms with Gasteiger partial charge in [-0.25, -0.2) is 0 Å². The number of carbonyl (C=O) groups is 1. The van der Waals surface area contributed by atoms with Crippen molar-refractivity contribution >= 4 is 5.91 Å². The lowest BCUT2D eigenvalue weighted by atomic mass is 10.1. The summed E-state index contributed by atoms with van der Waals surface area (Å²) >= 11 is 0. The molecule has 0 heterocycles. The van der Waals surface area contributed by atoms with Crippen LogP contribution in [-0.4, -0.2) is 43.0 Å². The molecule has 4 heteroatoms. The highest BCUT2D eigenvalue weighted by atomic mass is 16.2. The first-order chi connectivity index (χ1) is 8.36. The molecule has 1 atom stereocenters. The molecule has 0 spiro atoms. The summed E-state index contributed by atoms with van der Waals surface area (Å²) in [5.74, 6) is 1.16. The van der Waals surface area contributed by atoms with E-state index in [9.17, 15) is 4.79 Å². The van der Waals surface area contributed by atoms with Crippen molar-refractivity contribution in [2.45, 2.75) is 47.1 Å². The van der Waals surface area contributed by atoms with Crippen molar-refractivity contribution in [3.05, 3.63) is 0 Å². The van der Waals surface area contributed by atoms with Gasteiger partial charge >= 0.3 is 0 Å². The molecule has 0 saturated carbocycles. The molecule has 4 nitrogen and oxygen atoms in total. The number of nitrogens with two attached hydrogens (primary N) is 1. The predicted octanol–water partition coefficient (Wildman–Crippen LogP) is 1.45. The molecule has 3 N–H and O–H groups in total. The van der Waals surface area contributed by atoms with Gasteiger partial charge in [0.15, 0.2) is 0 Å². The van der Waals surface area contributed by atoms with Gasteiger partial charge in [0.2, 0.25) is 5.91 Å². The van der Waals surface area contributed by atoms with Crippen LogP contribution in [0.2, 0.25) is 0 Å². The van der Waals surface area contributed by atoms with E-state index in [0.29, 0.717) is 24.9 Å². The van der Waals surface area contributed by atoms with Gasteiger partial charge in [-0.2, -0.15) is 0 Å².